The molecule has 1 heterocycles. The van der Waals surface area contributed by atoms with Crippen molar-refractivity contribution in [1.29, 1.82) is 0 Å². The van der Waals surface area contributed by atoms with Gasteiger partial charge in [-0.3, -0.25) is 4.90 Å². The van der Waals surface area contributed by atoms with Crippen molar-refractivity contribution < 1.29 is 4.79 Å². The molecule has 1 fully saturated rings. The van der Waals surface area contributed by atoms with Crippen LogP contribution >= 0.6 is 23.2 Å². The van der Waals surface area contributed by atoms with E-state index in [-0.39, 0.29) is 6.03 Å². The molecule has 0 spiro atoms. The highest BCUT2D eigenvalue weighted by molar-refractivity contribution is 6.34. The number of hydrogen-bond acceptors (Lipinski definition) is 2. The fourth-order valence-electron chi connectivity index (χ4n) is 2.64. The van der Waals surface area contributed by atoms with E-state index >= 15 is 0 Å². The second kappa shape index (κ2) is 7.87. The van der Waals surface area contributed by atoms with Crippen molar-refractivity contribution >= 4 is 29.2 Å². The van der Waals surface area contributed by atoms with Gasteiger partial charge in [-0.15, -0.1) is 0 Å². The fourth-order valence-corrected chi connectivity index (χ4v) is 3.21. The van der Waals surface area contributed by atoms with Crippen molar-refractivity contribution in [2.75, 3.05) is 26.2 Å². The number of amides is 2. The van der Waals surface area contributed by atoms with Gasteiger partial charge in [0.2, 0.25) is 0 Å². The highest BCUT2D eigenvalue weighted by Gasteiger charge is 2.22. The van der Waals surface area contributed by atoms with Crippen LogP contribution in [0.1, 0.15) is 18.9 Å². The summed E-state index contributed by atoms with van der Waals surface area (Å²) in [5.41, 5.74) is 1.13. The molecule has 0 bridgehead atoms. The quantitative estimate of drug-likeness (QED) is 0.871. The van der Waals surface area contributed by atoms with Crippen LogP contribution in [0, 0.1) is 5.92 Å². The second-order valence-corrected chi connectivity index (χ2v) is 6.28. The Hall–Kier alpha value is -0.970. The van der Waals surface area contributed by atoms with Crippen LogP contribution in [0.3, 0.4) is 0 Å². The summed E-state index contributed by atoms with van der Waals surface area (Å²) in [6.45, 7) is 6.14. The Morgan fingerprint density at radius 2 is 2.00 bits per heavy atom. The van der Waals surface area contributed by atoms with E-state index in [1.54, 1.807) is 6.07 Å². The average molecular weight is 330 g/mol. The van der Waals surface area contributed by atoms with Crippen molar-refractivity contribution in [2.45, 2.75) is 19.9 Å². The molecule has 0 saturated carbocycles. The van der Waals surface area contributed by atoms with E-state index in [2.05, 4.69) is 15.5 Å². The number of likely N-dealkylation sites (tertiary alicyclic amines) is 1. The van der Waals surface area contributed by atoms with Crippen molar-refractivity contribution in [1.82, 2.24) is 15.5 Å². The highest BCUT2D eigenvalue weighted by atomic mass is 35.5. The Morgan fingerprint density at radius 3 is 2.67 bits per heavy atom. The molecule has 0 unspecified atom stereocenters. The van der Waals surface area contributed by atoms with Gasteiger partial charge < -0.3 is 10.6 Å². The lowest BCUT2D eigenvalue weighted by molar-refractivity contribution is 0.239. The first-order chi connectivity index (χ1) is 10.1. The number of carbonyl (C=O) groups excluding carboxylic acids is 1. The molecule has 1 atom stereocenters. The number of rotatable bonds is 5. The van der Waals surface area contributed by atoms with Crippen LogP contribution < -0.4 is 10.6 Å². The van der Waals surface area contributed by atoms with Gasteiger partial charge in [0, 0.05) is 36.2 Å². The van der Waals surface area contributed by atoms with Crippen LogP contribution in [-0.4, -0.2) is 37.1 Å². The Balaban J connectivity index is 1.78. The average Bonchev–Trinajstić information content (AvgIpc) is 2.83. The Bertz CT molecular complexity index is 476. The van der Waals surface area contributed by atoms with Gasteiger partial charge in [-0.2, -0.15) is 0 Å². The summed E-state index contributed by atoms with van der Waals surface area (Å²) < 4.78 is 0. The molecule has 21 heavy (non-hydrogen) atoms. The molecular formula is C15H21Cl2N3O. The van der Waals surface area contributed by atoms with Crippen LogP contribution in [0.5, 0.6) is 0 Å². The van der Waals surface area contributed by atoms with E-state index in [0.29, 0.717) is 22.5 Å². The number of halogens is 2. The molecule has 1 aliphatic heterocycles. The molecule has 2 rings (SSSR count). The number of hydrogen-bond donors (Lipinski definition) is 2. The van der Waals surface area contributed by atoms with Crippen LogP contribution in [-0.2, 0) is 6.54 Å². The first kappa shape index (κ1) is 16.4. The lowest BCUT2D eigenvalue weighted by atomic mass is 10.1. The number of nitrogens with zero attached hydrogens (tertiary/aromatic N) is 1. The maximum absolute atomic E-state index is 11.4. The zero-order valence-corrected chi connectivity index (χ0v) is 13.7. The minimum Gasteiger partial charge on any atom is -0.338 e. The summed E-state index contributed by atoms with van der Waals surface area (Å²) in [6, 6.07) is 5.56. The predicted molar refractivity (Wildman–Crippen MR) is 86.9 cm³/mol. The van der Waals surface area contributed by atoms with E-state index in [1.165, 1.54) is 0 Å². The maximum Gasteiger partial charge on any atom is 0.314 e. The highest BCUT2D eigenvalue weighted by Crippen LogP contribution is 2.23. The molecule has 1 saturated heterocycles. The Labute approximate surface area is 135 Å². The molecule has 1 aromatic carbocycles. The van der Waals surface area contributed by atoms with E-state index in [0.717, 1.165) is 38.2 Å². The molecule has 2 amide bonds. The largest absolute Gasteiger partial charge is 0.338 e. The first-order valence-corrected chi connectivity index (χ1v) is 8.01. The zero-order chi connectivity index (χ0) is 15.2. The predicted octanol–water partition coefficient (Wildman–Crippen LogP) is 3.13. The molecule has 4 nitrogen and oxygen atoms in total. The molecule has 0 aromatic heterocycles. The van der Waals surface area contributed by atoms with Crippen molar-refractivity contribution in [3.05, 3.63) is 33.8 Å². The van der Waals surface area contributed by atoms with Crippen molar-refractivity contribution in [3.8, 4) is 0 Å². The summed E-state index contributed by atoms with van der Waals surface area (Å²) in [7, 11) is 0. The van der Waals surface area contributed by atoms with Gasteiger partial charge in [0.15, 0.2) is 0 Å². The SMILES string of the molecule is CCNC(=O)NC[C@@H]1CCN(Cc2cc(Cl)cc(Cl)c2)C1. The van der Waals surface area contributed by atoms with E-state index < -0.39 is 0 Å². The topological polar surface area (TPSA) is 44.4 Å². The van der Waals surface area contributed by atoms with E-state index in [4.69, 9.17) is 23.2 Å². The van der Waals surface area contributed by atoms with Crippen LogP contribution in [0.4, 0.5) is 4.79 Å². The molecule has 116 valence electrons. The van der Waals surface area contributed by atoms with Gasteiger partial charge in [0.05, 0.1) is 0 Å². The molecule has 6 heteroatoms. The normalized spacial score (nSPS) is 18.7. The van der Waals surface area contributed by atoms with Crippen LogP contribution in [0.25, 0.3) is 0 Å². The number of benzene rings is 1. The van der Waals surface area contributed by atoms with Crippen LogP contribution in [0.15, 0.2) is 18.2 Å². The van der Waals surface area contributed by atoms with E-state index in [9.17, 15) is 4.79 Å². The molecule has 0 aliphatic carbocycles. The van der Waals surface area contributed by atoms with Gasteiger partial charge in [0.25, 0.3) is 0 Å². The minimum absolute atomic E-state index is 0.0856. The molecular weight excluding hydrogens is 309 g/mol. The smallest absolute Gasteiger partial charge is 0.314 e. The van der Waals surface area contributed by atoms with Gasteiger partial charge in [-0.25, -0.2) is 4.79 Å². The number of carbonyl (C=O) groups is 1. The zero-order valence-electron chi connectivity index (χ0n) is 12.2. The summed E-state index contributed by atoms with van der Waals surface area (Å²) >= 11 is 12.0. The molecule has 1 aliphatic rings. The summed E-state index contributed by atoms with van der Waals surface area (Å²) in [4.78, 5) is 13.7. The lowest BCUT2D eigenvalue weighted by Gasteiger charge is -2.17. The fraction of sp³-hybridized carbons (Fsp3) is 0.533. The summed E-state index contributed by atoms with van der Waals surface area (Å²) in [5, 5.41) is 6.99. The number of nitrogens with one attached hydrogen (secondary N) is 2. The molecule has 2 N–H and O–H groups in total. The summed E-state index contributed by atoms with van der Waals surface area (Å²) in [5.74, 6) is 0.502. The third kappa shape index (κ3) is 5.38. The standard InChI is InChI=1S/C15H21Cl2N3O/c1-2-18-15(21)19-8-11-3-4-20(9-11)10-12-5-13(16)7-14(17)6-12/h5-7,11H,2-4,8-10H2,1H3,(H2,18,19,21)/t11-/m0/s1. The van der Waals surface area contributed by atoms with Gasteiger partial charge >= 0.3 is 6.03 Å². The first-order valence-electron chi connectivity index (χ1n) is 7.26. The van der Waals surface area contributed by atoms with Crippen LogP contribution in [0.2, 0.25) is 10.0 Å². The minimum atomic E-state index is -0.0856. The monoisotopic (exact) mass is 329 g/mol. The maximum atomic E-state index is 11.4. The molecule has 0 radical (unpaired) electrons. The third-order valence-electron chi connectivity index (χ3n) is 3.59. The van der Waals surface area contributed by atoms with E-state index in [1.807, 2.05) is 19.1 Å². The number of urea groups is 1. The Morgan fingerprint density at radius 1 is 1.29 bits per heavy atom. The van der Waals surface area contributed by atoms with Crippen molar-refractivity contribution in [3.63, 3.8) is 0 Å². The van der Waals surface area contributed by atoms with Crippen molar-refractivity contribution in [2.24, 2.45) is 5.92 Å². The summed E-state index contributed by atoms with van der Waals surface area (Å²) in [6.07, 6.45) is 1.10. The lowest BCUT2D eigenvalue weighted by Crippen LogP contribution is -2.38. The van der Waals surface area contributed by atoms with Gasteiger partial charge in [0.1, 0.15) is 0 Å². The molecule has 1 aromatic rings. The Kier molecular flexibility index (Phi) is 6.15. The van der Waals surface area contributed by atoms with Gasteiger partial charge in [-0.05, 0) is 49.6 Å². The second-order valence-electron chi connectivity index (χ2n) is 5.41. The third-order valence-corrected chi connectivity index (χ3v) is 4.02. The van der Waals surface area contributed by atoms with Gasteiger partial charge in [-0.1, -0.05) is 23.2 Å².